The lowest BCUT2D eigenvalue weighted by Crippen LogP contribution is -2.28. The number of ether oxygens (including phenoxy) is 1. The Kier molecular flexibility index (Phi) is 5.86. The number of aromatic carboxylic acids is 1. The van der Waals surface area contributed by atoms with Gasteiger partial charge in [0.05, 0.1) is 17.9 Å². The van der Waals surface area contributed by atoms with E-state index < -0.39 is 23.8 Å². The first-order chi connectivity index (χ1) is 9.45. The van der Waals surface area contributed by atoms with Gasteiger partial charge in [0.2, 0.25) is 0 Å². The average molecular weight is 281 g/mol. The minimum absolute atomic E-state index is 0.109. The van der Waals surface area contributed by atoms with Gasteiger partial charge in [0.15, 0.2) is 0 Å². The molecule has 0 aliphatic rings. The summed E-state index contributed by atoms with van der Waals surface area (Å²) in [6, 6.07) is 3.17. The van der Waals surface area contributed by atoms with Gasteiger partial charge < -0.3 is 15.2 Å². The lowest BCUT2D eigenvalue weighted by molar-refractivity contribution is -0.126. The molecule has 6 heteroatoms. The topological polar surface area (TPSA) is 75.6 Å². The molecule has 0 saturated heterocycles. The lowest BCUT2D eigenvalue weighted by atomic mass is 10.2. The molecule has 20 heavy (non-hydrogen) atoms. The third-order valence-corrected chi connectivity index (χ3v) is 2.53. The first kappa shape index (κ1) is 15.8. The Balaban J connectivity index is 2.71. The minimum Gasteiger partial charge on any atom is -0.478 e. The number of anilines is 1. The summed E-state index contributed by atoms with van der Waals surface area (Å²) in [7, 11) is 0. The number of benzene rings is 1. The molecule has 0 heterocycles. The molecule has 0 saturated carbocycles. The highest BCUT2D eigenvalue weighted by atomic mass is 19.1. The van der Waals surface area contributed by atoms with E-state index >= 15 is 0 Å². The number of hydrogen-bond donors (Lipinski definition) is 2. The van der Waals surface area contributed by atoms with Crippen LogP contribution in [0.3, 0.4) is 0 Å². The number of carbonyl (C=O) groups excluding carboxylic acids is 1. The van der Waals surface area contributed by atoms with Crippen molar-refractivity contribution < 1.29 is 23.8 Å². The van der Waals surface area contributed by atoms with Crippen molar-refractivity contribution in [3.05, 3.63) is 42.2 Å². The van der Waals surface area contributed by atoms with Crippen LogP contribution in [0.2, 0.25) is 0 Å². The molecule has 0 aliphatic carbocycles. The van der Waals surface area contributed by atoms with Crippen LogP contribution in [0.5, 0.6) is 0 Å². The van der Waals surface area contributed by atoms with Crippen LogP contribution in [0, 0.1) is 5.82 Å². The summed E-state index contributed by atoms with van der Waals surface area (Å²) >= 11 is 0. The summed E-state index contributed by atoms with van der Waals surface area (Å²) in [6.07, 6.45) is 1.48. The van der Waals surface area contributed by atoms with E-state index in [4.69, 9.17) is 9.84 Å². The number of halogens is 1. The van der Waals surface area contributed by atoms with E-state index in [-0.39, 0.29) is 11.3 Å². The summed E-state index contributed by atoms with van der Waals surface area (Å²) in [5.74, 6) is -2.45. The summed E-state index contributed by atoms with van der Waals surface area (Å²) in [4.78, 5) is 22.6. The number of carboxylic acid groups (broad SMARTS) is 1. The van der Waals surface area contributed by atoms with Crippen molar-refractivity contribution in [3.8, 4) is 0 Å². The van der Waals surface area contributed by atoms with Gasteiger partial charge in [-0.15, -0.1) is 6.58 Å². The maximum atomic E-state index is 13.5. The van der Waals surface area contributed by atoms with Crippen LogP contribution >= 0.6 is 0 Å². The molecule has 0 aromatic heterocycles. The molecule has 108 valence electrons. The van der Waals surface area contributed by atoms with Crippen molar-refractivity contribution >= 4 is 17.6 Å². The van der Waals surface area contributed by atoms with Crippen molar-refractivity contribution in [2.75, 3.05) is 11.9 Å². The quantitative estimate of drug-likeness (QED) is 0.594. The molecule has 5 nitrogen and oxygen atoms in total. The zero-order valence-electron chi connectivity index (χ0n) is 11.1. The fraction of sp³-hybridized carbons (Fsp3) is 0.286. The molecule has 1 aromatic carbocycles. The van der Waals surface area contributed by atoms with E-state index in [1.807, 2.05) is 0 Å². The Hall–Kier alpha value is -2.21. The van der Waals surface area contributed by atoms with Crippen molar-refractivity contribution in [1.82, 2.24) is 0 Å². The highest BCUT2D eigenvalue weighted by molar-refractivity contribution is 5.96. The molecule has 0 radical (unpaired) electrons. The highest BCUT2D eigenvalue weighted by Gasteiger charge is 2.16. The summed E-state index contributed by atoms with van der Waals surface area (Å²) in [6.45, 7) is 5.38. The van der Waals surface area contributed by atoms with Crippen LogP contribution in [0.4, 0.5) is 10.1 Å². The van der Waals surface area contributed by atoms with Crippen molar-refractivity contribution in [1.29, 1.82) is 0 Å². The van der Waals surface area contributed by atoms with E-state index in [9.17, 15) is 14.0 Å². The van der Waals surface area contributed by atoms with Crippen molar-refractivity contribution in [2.45, 2.75) is 19.4 Å². The molecular formula is C14H16FNO4. The predicted molar refractivity (Wildman–Crippen MR) is 72.2 cm³/mol. The van der Waals surface area contributed by atoms with E-state index in [0.717, 1.165) is 18.2 Å². The van der Waals surface area contributed by atoms with Crippen molar-refractivity contribution in [3.63, 3.8) is 0 Å². The molecule has 0 bridgehead atoms. The van der Waals surface area contributed by atoms with Gasteiger partial charge in [-0.05, 0) is 31.5 Å². The van der Waals surface area contributed by atoms with Crippen LogP contribution < -0.4 is 5.32 Å². The Morgan fingerprint density at radius 2 is 2.25 bits per heavy atom. The normalized spacial score (nSPS) is 11.7. The lowest BCUT2D eigenvalue weighted by Gasteiger charge is -2.13. The fourth-order valence-corrected chi connectivity index (χ4v) is 1.39. The number of rotatable bonds is 7. The molecule has 1 aromatic rings. The zero-order valence-corrected chi connectivity index (χ0v) is 11.1. The molecule has 1 amide bonds. The van der Waals surface area contributed by atoms with Crippen LogP contribution in [0.25, 0.3) is 0 Å². The second kappa shape index (κ2) is 7.40. The molecule has 0 aliphatic heterocycles. The average Bonchev–Trinajstić information content (AvgIpc) is 2.41. The van der Waals surface area contributed by atoms with Gasteiger partial charge in [-0.25, -0.2) is 9.18 Å². The number of nitrogens with one attached hydrogen (secondary N) is 1. The van der Waals surface area contributed by atoms with E-state index in [1.165, 1.54) is 6.92 Å². The SMILES string of the molecule is C=CCCOC(C)C(=O)Nc1cc(C(=O)O)ccc1F. The van der Waals surface area contributed by atoms with Gasteiger partial charge >= 0.3 is 5.97 Å². The van der Waals surface area contributed by atoms with Crippen LogP contribution in [-0.4, -0.2) is 29.7 Å². The fourth-order valence-electron chi connectivity index (χ4n) is 1.39. The second-order valence-electron chi connectivity index (χ2n) is 4.08. The largest absolute Gasteiger partial charge is 0.478 e. The molecule has 2 N–H and O–H groups in total. The molecule has 1 unspecified atom stereocenters. The molecular weight excluding hydrogens is 265 g/mol. The third kappa shape index (κ3) is 4.47. The molecule has 1 rings (SSSR count). The van der Waals surface area contributed by atoms with Crippen molar-refractivity contribution in [2.24, 2.45) is 0 Å². The Bertz CT molecular complexity index is 516. The highest BCUT2D eigenvalue weighted by Crippen LogP contribution is 2.16. The Morgan fingerprint density at radius 3 is 2.85 bits per heavy atom. The first-order valence-corrected chi connectivity index (χ1v) is 6.02. The Morgan fingerprint density at radius 1 is 1.55 bits per heavy atom. The van der Waals surface area contributed by atoms with Gasteiger partial charge in [-0.1, -0.05) is 6.08 Å². The number of carboxylic acids is 1. The van der Waals surface area contributed by atoms with Crippen LogP contribution in [0.1, 0.15) is 23.7 Å². The Labute approximate surface area is 116 Å². The van der Waals surface area contributed by atoms with E-state index in [2.05, 4.69) is 11.9 Å². The van der Waals surface area contributed by atoms with Crippen LogP contribution in [-0.2, 0) is 9.53 Å². The molecule has 0 spiro atoms. The third-order valence-electron chi connectivity index (χ3n) is 2.53. The number of hydrogen-bond acceptors (Lipinski definition) is 3. The van der Waals surface area contributed by atoms with Gasteiger partial charge in [-0.3, -0.25) is 4.79 Å². The minimum atomic E-state index is -1.20. The van der Waals surface area contributed by atoms with E-state index in [0.29, 0.717) is 13.0 Å². The molecule has 0 fully saturated rings. The number of carbonyl (C=O) groups is 2. The predicted octanol–water partition coefficient (Wildman–Crippen LogP) is 2.44. The van der Waals surface area contributed by atoms with Gasteiger partial charge in [0.25, 0.3) is 5.91 Å². The summed E-state index contributed by atoms with van der Waals surface area (Å²) in [5, 5.41) is 11.1. The molecule has 1 atom stereocenters. The van der Waals surface area contributed by atoms with E-state index in [1.54, 1.807) is 6.08 Å². The van der Waals surface area contributed by atoms with Gasteiger partial charge in [0.1, 0.15) is 11.9 Å². The number of amides is 1. The standard InChI is InChI=1S/C14H16FNO4/c1-3-4-7-20-9(2)13(17)16-12-8-10(14(18)19)5-6-11(12)15/h3,5-6,8-9H,1,4,7H2,2H3,(H,16,17)(H,18,19). The van der Waals surface area contributed by atoms with Gasteiger partial charge in [-0.2, -0.15) is 0 Å². The maximum Gasteiger partial charge on any atom is 0.335 e. The maximum absolute atomic E-state index is 13.5. The smallest absolute Gasteiger partial charge is 0.335 e. The van der Waals surface area contributed by atoms with Gasteiger partial charge in [0, 0.05) is 0 Å². The summed E-state index contributed by atoms with van der Waals surface area (Å²) in [5.41, 5.74) is -0.295. The first-order valence-electron chi connectivity index (χ1n) is 6.02. The zero-order chi connectivity index (χ0) is 15.1. The second-order valence-corrected chi connectivity index (χ2v) is 4.08. The monoisotopic (exact) mass is 281 g/mol. The summed E-state index contributed by atoms with van der Waals surface area (Å²) < 4.78 is 18.7. The van der Waals surface area contributed by atoms with Crippen LogP contribution in [0.15, 0.2) is 30.9 Å².